The maximum atomic E-state index is 12.2. The van der Waals surface area contributed by atoms with Crippen molar-refractivity contribution in [3.63, 3.8) is 0 Å². The molecule has 1 amide bonds. The lowest BCUT2D eigenvalue weighted by Crippen LogP contribution is -2.39. The van der Waals surface area contributed by atoms with Gasteiger partial charge in [0.25, 0.3) is 0 Å². The summed E-state index contributed by atoms with van der Waals surface area (Å²) in [4.78, 5) is 16.7. The van der Waals surface area contributed by atoms with E-state index < -0.39 is 5.60 Å². The van der Waals surface area contributed by atoms with Crippen molar-refractivity contribution in [2.45, 2.75) is 25.4 Å². The average molecular weight is 366 g/mol. The Morgan fingerprint density at radius 1 is 1.12 bits per heavy atom. The maximum Gasteiger partial charge on any atom is 0.226 e. The number of amides is 1. The molecule has 1 aromatic heterocycles. The van der Waals surface area contributed by atoms with Gasteiger partial charge in [-0.1, -0.05) is 60.7 Å². The molecule has 0 aliphatic carbocycles. The smallest absolute Gasteiger partial charge is 0.226 e. The quantitative estimate of drug-likeness (QED) is 0.674. The van der Waals surface area contributed by atoms with Gasteiger partial charge in [0.05, 0.1) is 23.7 Å². The van der Waals surface area contributed by atoms with Crippen LogP contribution in [0.15, 0.2) is 66.0 Å². The summed E-state index contributed by atoms with van der Waals surface area (Å²) >= 11 is 1.57. The summed E-state index contributed by atoms with van der Waals surface area (Å²) in [5.41, 5.74) is 1.64. The molecular formula is C21H22N2O2S. The van der Waals surface area contributed by atoms with E-state index in [4.69, 9.17) is 0 Å². The summed E-state index contributed by atoms with van der Waals surface area (Å²) in [6, 6.07) is 19.5. The van der Waals surface area contributed by atoms with Crippen molar-refractivity contribution in [1.82, 2.24) is 10.3 Å². The zero-order chi connectivity index (χ0) is 18.4. The summed E-state index contributed by atoms with van der Waals surface area (Å²) in [5, 5.41) is 16.3. The highest BCUT2D eigenvalue weighted by Gasteiger charge is 2.23. The molecule has 1 heterocycles. The Morgan fingerprint density at radius 3 is 2.46 bits per heavy atom. The van der Waals surface area contributed by atoms with Gasteiger partial charge in [-0.2, -0.15) is 0 Å². The van der Waals surface area contributed by atoms with Crippen molar-refractivity contribution in [3.05, 3.63) is 87.9 Å². The van der Waals surface area contributed by atoms with E-state index in [1.807, 2.05) is 53.9 Å². The van der Waals surface area contributed by atoms with E-state index in [1.54, 1.807) is 18.3 Å². The first kappa shape index (κ1) is 18.3. The van der Waals surface area contributed by atoms with Crippen LogP contribution >= 0.6 is 11.3 Å². The zero-order valence-corrected chi connectivity index (χ0v) is 15.5. The van der Waals surface area contributed by atoms with Crippen LogP contribution in [0.5, 0.6) is 0 Å². The molecule has 2 aromatic carbocycles. The molecule has 0 bridgehead atoms. The first-order valence-corrected chi connectivity index (χ1v) is 9.43. The number of rotatable bonds is 7. The van der Waals surface area contributed by atoms with Gasteiger partial charge in [-0.15, -0.1) is 11.3 Å². The predicted molar refractivity (Wildman–Crippen MR) is 104 cm³/mol. The van der Waals surface area contributed by atoms with Crippen LogP contribution in [0.3, 0.4) is 0 Å². The number of carbonyl (C=O) groups is 1. The third kappa shape index (κ3) is 5.00. The van der Waals surface area contributed by atoms with Crippen molar-refractivity contribution in [2.75, 3.05) is 6.54 Å². The fraction of sp³-hybridized carbons (Fsp3) is 0.238. The van der Waals surface area contributed by atoms with Crippen LogP contribution in [0.1, 0.15) is 28.8 Å². The maximum absolute atomic E-state index is 12.2. The van der Waals surface area contributed by atoms with E-state index in [0.29, 0.717) is 0 Å². The van der Waals surface area contributed by atoms with E-state index >= 15 is 0 Å². The Hall–Kier alpha value is -2.50. The molecule has 1 atom stereocenters. The van der Waals surface area contributed by atoms with Gasteiger partial charge >= 0.3 is 0 Å². The lowest BCUT2D eigenvalue weighted by molar-refractivity contribution is -0.121. The van der Waals surface area contributed by atoms with E-state index in [1.165, 1.54) is 5.56 Å². The van der Waals surface area contributed by atoms with Crippen LogP contribution in [0, 0.1) is 0 Å². The molecule has 5 heteroatoms. The molecule has 0 spiro atoms. The highest BCUT2D eigenvalue weighted by molar-refractivity contribution is 7.09. The number of thiazole rings is 1. The zero-order valence-electron chi connectivity index (χ0n) is 14.7. The van der Waals surface area contributed by atoms with Crippen LogP contribution in [0.25, 0.3) is 0 Å². The van der Waals surface area contributed by atoms with E-state index in [0.717, 1.165) is 22.7 Å². The van der Waals surface area contributed by atoms with E-state index in [2.05, 4.69) is 22.4 Å². The fourth-order valence-corrected chi connectivity index (χ4v) is 3.51. The number of aromatic nitrogens is 1. The summed E-state index contributed by atoms with van der Waals surface area (Å²) < 4.78 is 0. The molecule has 0 unspecified atom stereocenters. The van der Waals surface area contributed by atoms with Gasteiger partial charge in [-0.05, 0) is 18.1 Å². The second kappa shape index (κ2) is 8.25. The van der Waals surface area contributed by atoms with Crippen LogP contribution in [0.2, 0.25) is 0 Å². The standard InChI is InChI=1S/C21H22N2O2S/c1-21(25,17-10-6-3-7-11-17)15-22-19(24)13-18-14-26-20(23-18)12-16-8-4-2-5-9-16/h2-11,14,25H,12-13,15H2,1H3,(H,22,24)/t21-/m1/s1. The van der Waals surface area contributed by atoms with Crippen LogP contribution in [0.4, 0.5) is 0 Å². The summed E-state index contributed by atoms with van der Waals surface area (Å²) in [6.45, 7) is 1.86. The summed E-state index contributed by atoms with van der Waals surface area (Å²) in [6.07, 6.45) is 0.992. The Balaban J connectivity index is 1.52. The van der Waals surface area contributed by atoms with E-state index in [9.17, 15) is 9.90 Å². The molecule has 0 saturated carbocycles. The largest absolute Gasteiger partial charge is 0.384 e. The Morgan fingerprint density at radius 2 is 1.77 bits per heavy atom. The van der Waals surface area contributed by atoms with Gasteiger partial charge in [0, 0.05) is 11.8 Å². The normalized spacial score (nSPS) is 13.2. The minimum Gasteiger partial charge on any atom is -0.384 e. The van der Waals surface area contributed by atoms with Crippen molar-refractivity contribution >= 4 is 17.2 Å². The molecule has 3 rings (SSSR count). The Bertz CT molecular complexity index is 845. The number of carbonyl (C=O) groups excluding carboxylic acids is 1. The fourth-order valence-electron chi connectivity index (χ4n) is 2.68. The Labute approximate surface area is 157 Å². The highest BCUT2D eigenvalue weighted by atomic mass is 32.1. The van der Waals surface area contributed by atoms with Crippen LogP contribution in [-0.4, -0.2) is 22.5 Å². The van der Waals surface area contributed by atoms with Crippen molar-refractivity contribution in [3.8, 4) is 0 Å². The highest BCUT2D eigenvalue weighted by Crippen LogP contribution is 2.19. The van der Waals surface area contributed by atoms with Gasteiger partial charge in [0.1, 0.15) is 5.60 Å². The van der Waals surface area contributed by atoms with Crippen molar-refractivity contribution in [2.24, 2.45) is 0 Å². The third-order valence-electron chi connectivity index (χ3n) is 4.16. The number of hydrogen-bond acceptors (Lipinski definition) is 4. The summed E-state index contributed by atoms with van der Waals surface area (Å²) in [5.74, 6) is -0.141. The van der Waals surface area contributed by atoms with Gasteiger partial charge in [0.2, 0.25) is 5.91 Å². The second-order valence-corrected chi connectivity index (χ2v) is 7.43. The lowest BCUT2D eigenvalue weighted by Gasteiger charge is -2.24. The number of nitrogens with zero attached hydrogens (tertiary/aromatic N) is 1. The van der Waals surface area contributed by atoms with Gasteiger partial charge < -0.3 is 10.4 Å². The third-order valence-corrected chi connectivity index (χ3v) is 5.06. The first-order valence-electron chi connectivity index (χ1n) is 8.55. The molecule has 26 heavy (non-hydrogen) atoms. The molecule has 4 nitrogen and oxygen atoms in total. The average Bonchev–Trinajstić information content (AvgIpc) is 3.08. The number of hydrogen-bond donors (Lipinski definition) is 2. The lowest BCUT2D eigenvalue weighted by atomic mass is 9.96. The minimum absolute atomic E-state index is 0.141. The van der Waals surface area contributed by atoms with E-state index in [-0.39, 0.29) is 18.9 Å². The van der Waals surface area contributed by atoms with Crippen LogP contribution in [-0.2, 0) is 23.2 Å². The number of benzene rings is 2. The molecule has 0 aliphatic heterocycles. The molecule has 3 aromatic rings. The van der Waals surface area contributed by atoms with Crippen molar-refractivity contribution in [1.29, 1.82) is 0 Å². The van der Waals surface area contributed by atoms with Crippen molar-refractivity contribution < 1.29 is 9.90 Å². The molecule has 0 saturated heterocycles. The molecule has 0 fully saturated rings. The van der Waals surface area contributed by atoms with Gasteiger partial charge in [0.15, 0.2) is 0 Å². The topological polar surface area (TPSA) is 62.2 Å². The van der Waals surface area contributed by atoms with Gasteiger partial charge in [-0.3, -0.25) is 4.79 Å². The first-order chi connectivity index (χ1) is 12.5. The number of aliphatic hydroxyl groups is 1. The predicted octanol–water partition coefficient (Wildman–Crippen LogP) is 3.30. The Kier molecular flexibility index (Phi) is 5.81. The SMILES string of the molecule is C[C@@](O)(CNC(=O)Cc1csc(Cc2ccccc2)n1)c1ccccc1. The summed E-state index contributed by atoms with van der Waals surface area (Å²) in [7, 11) is 0. The molecule has 0 radical (unpaired) electrons. The molecule has 2 N–H and O–H groups in total. The van der Waals surface area contributed by atoms with Crippen LogP contribution < -0.4 is 5.32 Å². The number of nitrogens with one attached hydrogen (secondary N) is 1. The van der Waals surface area contributed by atoms with Gasteiger partial charge in [-0.25, -0.2) is 4.98 Å². The minimum atomic E-state index is -1.10. The molecule has 0 aliphatic rings. The molecular weight excluding hydrogens is 344 g/mol. The monoisotopic (exact) mass is 366 g/mol. The second-order valence-electron chi connectivity index (χ2n) is 6.49. The molecule has 134 valence electrons.